The van der Waals surface area contributed by atoms with Crippen molar-refractivity contribution in [2.24, 2.45) is 0 Å². The second-order valence-electron chi connectivity index (χ2n) is 4.67. The second-order valence-corrected chi connectivity index (χ2v) is 7.33. The van der Waals surface area contributed by atoms with Gasteiger partial charge in [-0.25, -0.2) is 4.98 Å². The molecule has 0 fully saturated rings. The summed E-state index contributed by atoms with van der Waals surface area (Å²) in [6.07, 6.45) is 0. The molecule has 2 nitrogen and oxygen atoms in total. The number of nitrogens with one attached hydrogen (secondary N) is 1. The van der Waals surface area contributed by atoms with Gasteiger partial charge >= 0.3 is 0 Å². The Morgan fingerprint density at radius 3 is 2.71 bits per heavy atom. The molecule has 0 saturated heterocycles. The van der Waals surface area contributed by atoms with E-state index in [0.29, 0.717) is 0 Å². The number of thiophene rings is 1. The molecule has 108 valence electrons. The summed E-state index contributed by atoms with van der Waals surface area (Å²) in [5.74, 6) is 0. The molecular weight excluding hydrogens is 412 g/mol. The molecule has 0 radical (unpaired) electrons. The smallest absolute Gasteiger partial charge is 0.0868 e. The Labute approximate surface area is 144 Å². The molecule has 0 aliphatic carbocycles. The van der Waals surface area contributed by atoms with Crippen LogP contribution in [0, 0.1) is 0 Å². The van der Waals surface area contributed by atoms with Crippen LogP contribution in [-0.4, -0.2) is 11.5 Å². The van der Waals surface area contributed by atoms with Gasteiger partial charge in [0, 0.05) is 19.2 Å². The van der Waals surface area contributed by atoms with Gasteiger partial charge < -0.3 is 5.32 Å². The fraction of sp³-hybridized carbons (Fsp3) is 0.188. The normalized spacial score (nSPS) is 12.7. The molecular formula is C16H14Br2N2S. The van der Waals surface area contributed by atoms with Gasteiger partial charge in [-0.3, -0.25) is 0 Å². The van der Waals surface area contributed by atoms with Crippen LogP contribution in [0.1, 0.15) is 23.5 Å². The minimum absolute atomic E-state index is 0.0864. The molecule has 0 aliphatic rings. The first-order chi connectivity index (χ1) is 10.2. The van der Waals surface area contributed by atoms with Crippen LogP contribution in [0.4, 0.5) is 0 Å². The van der Waals surface area contributed by atoms with E-state index in [1.54, 1.807) is 11.3 Å². The number of aromatic nitrogens is 1. The molecule has 1 atom stereocenters. The Morgan fingerprint density at radius 1 is 1.19 bits per heavy atom. The number of rotatable bonds is 4. The number of para-hydroxylation sites is 1. The SMILES string of the molecule is CCNC(c1nc2ccccc2cc1Br)c1sccc1Br. The van der Waals surface area contributed by atoms with Gasteiger partial charge in [0.1, 0.15) is 0 Å². The zero-order valence-corrected chi connectivity index (χ0v) is 15.4. The first kappa shape index (κ1) is 15.2. The lowest BCUT2D eigenvalue weighted by Gasteiger charge is -2.19. The van der Waals surface area contributed by atoms with Crippen molar-refractivity contribution in [3.63, 3.8) is 0 Å². The van der Waals surface area contributed by atoms with E-state index in [0.717, 1.165) is 32.1 Å². The maximum Gasteiger partial charge on any atom is 0.0868 e. The van der Waals surface area contributed by atoms with Crippen LogP contribution in [0.15, 0.2) is 50.7 Å². The molecule has 2 heterocycles. The van der Waals surface area contributed by atoms with E-state index in [1.165, 1.54) is 4.88 Å². The molecule has 5 heteroatoms. The summed E-state index contributed by atoms with van der Waals surface area (Å²) in [5.41, 5.74) is 2.05. The lowest BCUT2D eigenvalue weighted by atomic mass is 10.1. The molecule has 2 aromatic heterocycles. The van der Waals surface area contributed by atoms with Gasteiger partial charge in [0.15, 0.2) is 0 Å². The second kappa shape index (κ2) is 6.57. The average molecular weight is 426 g/mol. The molecule has 0 bridgehead atoms. The topological polar surface area (TPSA) is 24.9 Å². The van der Waals surface area contributed by atoms with Crippen LogP contribution < -0.4 is 5.32 Å². The highest BCUT2D eigenvalue weighted by Gasteiger charge is 2.21. The third kappa shape index (κ3) is 3.06. The van der Waals surface area contributed by atoms with Crippen molar-refractivity contribution in [1.29, 1.82) is 0 Å². The van der Waals surface area contributed by atoms with Crippen molar-refractivity contribution in [1.82, 2.24) is 10.3 Å². The van der Waals surface area contributed by atoms with E-state index in [-0.39, 0.29) is 6.04 Å². The van der Waals surface area contributed by atoms with E-state index in [2.05, 4.69) is 73.7 Å². The first-order valence-corrected chi connectivity index (χ1v) is 9.18. The molecule has 0 saturated carbocycles. The largest absolute Gasteiger partial charge is 0.305 e. The molecule has 1 unspecified atom stereocenters. The maximum absolute atomic E-state index is 4.87. The fourth-order valence-corrected chi connectivity index (χ4v) is 4.58. The highest BCUT2D eigenvalue weighted by atomic mass is 79.9. The Bertz CT molecular complexity index is 770. The summed E-state index contributed by atoms with van der Waals surface area (Å²) in [4.78, 5) is 6.12. The molecule has 0 spiro atoms. The number of halogens is 2. The summed E-state index contributed by atoms with van der Waals surface area (Å²) in [7, 11) is 0. The Balaban J connectivity index is 2.15. The summed E-state index contributed by atoms with van der Waals surface area (Å²) >= 11 is 9.06. The highest BCUT2D eigenvalue weighted by Crippen LogP contribution is 2.36. The number of hydrogen-bond acceptors (Lipinski definition) is 3. The summed E-state index contributed by atoms with van der Waals surface area (Å²) in [5, 5.41) is 6.78. The standard InChI is InChI=1S/C16H14Br2N2S/c1-2-19-15(16-11(17)7-8-21-16)14-12(18)9-10-5-3-4-6-13(10)20-14/h3-9,15,19H,2H2,1H3. The molecule has 1 aromatic carbocycles. The fourth-order valence-electron chi connectivity index (χ4n) is 2.34. The van der Waals surface area contributed by atoms with Gasteiger partial charge in [0.05, 0.1) is 17.3 Å². The summed E-state index contributed by atoms with van der Waals surface area (Å²) in [6.45, 7) is 3.00. The molecule has 3 aromatic rings. The van der Waals surface area contributed by atoms with Crippen molar-refractivity contribution in [3.8, 4) is 0 Å². The summed E-state index contributed by atoms with van der Waals surface area (Å²) < 4.78 is 2.16. The number of benzene rings is 1. The number of fused-ring (bicyclic) bond motifs is 1. The van der Waals surface area contributed by atoms with Crippen LogP contribution >= 0.6 is 43.2 Å². The van der Waals surface area contributed by atoms with Gasteiger partial charge in [-0.15, -0.1) is 11.3 Å². The zero-order valence-electron chi connectivity index (χ0n) is 11.4. The van der Waals surface area contributed by atoms with Crippen LogP contribution in [0.2, 0.25) is 0 Å². The van der Waals surface area contributed by atoms with Crippen LogP contribution in [0.3, 0.4) is 0 Å². The predicted molar refractivity (Wildman–Crippen MR) is 97.0 cm³/mol. The third-order valence-electron chi connectivity index (χ3n) is 3.29. The van der Waals surface area contributed by atoms with Crippen LogP contribution in [0.25, 0.3) is 10.9 Å². The minimum atomic E-state index is 0.0864. The Morgan fingerprint density at radius 2 is 2.00 bits per heavy atom. The van der Waals surface area contributed by atoms with Crippen molar-refractivity contribution in [2.45, 2.75) is 13.0 Å². The van der Waals surface area contributed by atoms with Crippen LogP contribution in [0.5, 0.6) is 0 Å². The maximum atomic E-state index is 4.87. The zero-order chi connectivity index (χ0) is 14.8. The van der Waals surface area contributed by atoms with E-state index >= 15 is 0 Å². The quantitative estimate of drug-likeness (QED) is 0.595. The van der Waals surface area contributed by atoms with Gasteiger partial charge in [-0.05, 0) is 62.0 Å². The number of nitrogens with zero attached hydrogens (tertiary/aromatic N) is 1. The van der Waals surface area contributed by atoms with E-state index in [1.807, 2.05) is 12.1 Å². The van der Waals surface area contributed by atoms with E-state index < -0.39 is 0 Å². The van der Waals surface area contributed by atoms with Gasteiger partial charge in [-0.2, -0.15) is 0 Å². The lowest BCUT2D eigenvalue weighted by Crippen LogP contribution is -2.23. The monoisotopic (exact) mass is 424 g/mol. The lowest BCUT2D eigenvalue weighted by molar-refractivity contribution is 0.622. The molecule has 1 N–H and O–H groups in total. The van der Waals surface area contributed by atoms with Crippen molar-refractivity contribution < 1.29 is 0 Å². The first-order valence-electron chi connectivity index (χ1n) is 6.72. The average Bonchev–Trinajstić information content (AvgIpc) is 2.90. The predicted octanol–water partition coefficient (Wildman–Crippen LogP) is 5.52. The van der Waals surface area contributed by atoms with Crippen molar-refractivity contribution >= 4 is 54.1 Å². The third-order valence-corrected chi connectivity index (χ3v) is 5.86. The molecule has 0 aliphatic heterocycles. The van der Waals surface area contributed by atoms with E-state index in [9.17, 15) is 0 Å². The number of pyridine rings is 1. The van der Waals surface area contributed by atoms with E-state index in [4.69, 9.17) is 4.98 Å². The van der Waals surface area contributed by atoms with Crippen molar-refractivity contribution in [3.05, 3.63) is 61.3 Å². The van der Waals surface area contributed by atoms with Gasteiger partial charge in [-0.1, -0.05) is 25.1 Å². The molecule has 3 rings (SSSR count). The number of hydrogen-bond donors (Lipinski definition) is 1. The van der Waals surface area contributed by atoms with Crippen LogP contribution in [-0.2, 0) is 0 Å². The van der Waals surface area contributed by atoms with Gasteiger partial charge in [0.2, 0.25) is 0 Å². The highest BCUT2D eigenvalue weighted by molar-refractivity contribution is 9.10. The molecule has 0 amide bonds. The van der Waals surface area contributed by atoms with Crippen molar-refractivity contribution in [2.75, 3.05) is 6.54 Å². The summed E-state index contributed by atoms with van der Waals surface area (Å²) in [6, 6.07) is 12.5. The Hall–Kier alpha value is -0.750. The Kier molecular flexibility index (Phi) is 4.74. The van der Waals surface area contributed by atoms with Gasteiger partial charge in [0.25, 0.3) is 0 Å². The molecule has 21 heavy (non-hydrogen) atoms. The minimum Gasteiger partial charge on any atom is -0.305 e.